The molecule has 0 aliphatic rings. The zero-order chi connectivity index (χ0) is 13.8. The van der Waals surface area contributed by atoms with Gasteiger partial charge in [0.2, 0.25) is 0 Å². The third kappa shape index (κ3) is 2.76. The minimum atomic E-state index is -0.441. The largest absolute Gasteiger partial charge is 0.497 e. The summed E-state index contributed by atoms with van der Waals surface area (Å²) in [5, 5.41) is 2.64. The number of amides is 1. The first-order valence-electron chi connectivity index (χ1n) is 5.38. The standard InChI is InChI=1S/C12H13N3O4/c1-17-7-3-4-8(10(5-7)18-2)14-11(16)9-6-19-12(13)15-9/h3-6H,1-2H3,(H2,13,15)(H,14,16). The summed E-state index contributed by atoms with van der Waals surface area (Å²) in [5.41, 5.74) is 5.89. The van der Waals surface area contributed by atoms with Crippen LogP contribution in [0.2, 0.25) is 0 Å². The van der Waals surface area contributed by atoms with Gasteiger partial charge in [0.25, 0.3) is 11.9 Å². The summed E-state index contributed by atoms with van der Waals surface area (Å²) >= 11 is 0. The number of aromatic nitrogens is 1. The maximum absolute atomic E-state index is 11.9. The number of nitrogens with one attached hydrogen (secondary N) is 1. The number of hydrogen-bond acceptors (Lipinski definition) is 6. The summed E-state index contributed by atoms with van der Waals surface area (Å²) in [6.45, 7) is 0. The third-order valence-corrected chi connectivity index (χ3v) is 2.41. The lowest BCUT2D eigenvalue weighted by molar-refractivity contribution is 0.102. The molecule has 1 amide bonds. The highest BCUT2D eigenvalue weighted by atomic mass is 16.5. The van der Waals surface area contributed by atoms with Crippen LogP contribution < -0.4 is 20.5 Å². The molecule has 0 aliphatic heterocycles. The van der Waals surface area contributed by atoms with E-state index in [4.69, 9.17) is 19.6 Å². The van der Waals surface area contributed by atoms with Gasteiger partial charge >= 0.3 is 0 Å². The van der Waals surface area contributed by atoms with E-state index in [1.165, 1.54) is 13.4 Å². The van der Waals surface area contributed by atoms with Gasteiger partial charge in [-0.1, -0.05) is 0 Å². The van der Waals surface area contributed by atoms with E-state index in [-0.39, 0.29) is 11.7 Å². The molecule has 0 aliphatic carbocycles. The molecule has 19 heavy (non-hydrogen) atoms. The molecular weight excluding hydrogens is 250 g/mol. The molecule has 100 valence electrons. The van der Waals surface area contributed by atoms with Crippen LogP contribution in [0.1, 0.15) is 10.5 Å². The van der Waals surface area contributed by atoms with Gasteiger partial charge in [0, 0.05) is 6.07 Å². The van der Waals surface area contributed by atoms with Crippen LogP contribution in [0.25, 0.3) is 0 Å². The van der Waals surface area contributed by atoms with Crippen molar-refractivity contribution in [1.82, 2.24) is 4.98 Å². The third-order valence-electron chi connectivity index (χ3n) is 2.41. The Hall–Kier alpha value is -2.70. The second-order valence-corrected chi connectivity index (χ2v) is 3.59. The van der Waals surface area contributed by atoms with Gasteiger partial charge in [-0.15, -0.1) is 0 Å². The predicted molar refractivity (Wildman–Crippen MR) is 68.4 cm³/mol. The number of oxazole rings is 1. The first-order valence-corrected chi connectivity index (χ1v) is 5.38. The minimum absolute atomic E-state index is 0.0631. The molecule has 0 atom stereocenters. The van der Waals surface area contributed by atoms with Crippen molar-refractivity contribution in [2.45, 2.75) is 0 Å². The van der Waals surface area contributed by atoms with E-state index in [1.54, 1.807) is 25.3 Å². The fourth-order valence-corrected chi connectivity index (χ4v) is 1.48. The number of methoxy groups -OCH3 is 2. The Morgan fingerprint density at radius 1 is 1.37 bits per heavy atom. The zero-order valence-electron chi connectivity index (χ0n) is 10.5. The van der Waals surface area contributed by atoms with Gasteiger partial charge in [-0.3, -0.25) is 4.79 Å². The molecule has 0 fully saturated rings. The van der Waals surface area contributed by atoms with Crippen molar-refractivity contribution < 1.29 is 18.7 Å². The maximum Gasteiger partial charge on any atom is 0.292 e. The first kappa shape index (κ1) is 12.7. The summed E-state index contributed by atoms with van der Waals surface area (Å²) in [4.78, 5) is 15.6. The molecule has 7 nitrogen and oxygen atoms in total. The number of anilines is 2. The van der Waals surface area contributed by atoms with Gasteiger partial charge in [0.1, 0.15) is 17.8 Å². The normalized spacial score (nSPS) is 10.0. The number of carbonyl (C=O) groups is 1. The van der Waals surface area contributed by atoms with Gasteiger partial charge in [-0.2, -0.15) is 4.98 Å². The summed E-state index contributed by atoms with van der Waals surface area (Å²) in [7, 11) is 3.05. The molecular formula is C12H13N3O4. The summed E-state index contributed by atoms with van der Waals surface area (Å²) < 4.78 is 15.0. The lowest BCUT2D eigenvalue weighted by Crippen LogP contribution is -2.13. The number of rotatable bonds is 4. The van der Waals surface area contributed by atoms with Crippen LogP contribution in [-0.2, 0) is 0 Å². The van der Waals surface area contributed by atoms with E-state index in [2.05, 4.69) is 10.3 Å². The van der Waals surface area contributed by atoms with Crippen molar-refractivity contribution in [1.29, 1.82) is 0 Å². The average Bonchev–Trinajstić information content (AvgIpc) is 2.86. The van der Waals surface area contributed by atoms with Crippen molar-refractivity contribution in [2.24, 2.45) is 0 Å². The Kier molecular flexibility index (Phi) is 3.56. The number of hydrogen-bond donors (Lipinski definition) is 2. The molecule has 7 heteroatoms. The summed E-state index contributed by atoms with van der Waals surface area (Å²) in [6.07, 6.45) is 1.18. The van der Waals surface area contributed by atoms with Gasteiger partial charge in [-0.25, -0.2) is 0 Å². The van der Waals surface area contributed by atoms with Crippen LogP contribution in [0, 0.1) is 0 Å². The lowest BCUT2D eigenvalue weighted by atomic mass is 10.2. The molecule has 3 N–H and O–H groups in total. The van der Waals surface area contributed by atoms with E-state index >= 15 is 0 Å². The fourth-order valence-electron chi connectivity index (χ4n) is 1.48. The molecule has 2 aromatic rings. The van der Waals surface area contributed by atoms with E-state index in [0.29, 0.717) is 17.2 Å². The van der Waals surface area contributed by atoms with Crippen molar-refractivity contribution in [3.8, 4) is 11.5 Å². The summed E-state index contributed by atoms with van der Waals surface area (Å²) in [6, 6.07) is 4.97. The Bertz CT molecular complexity index is 594. The van der Waals surface area contributed by atoms with E-state index in [0.717, 1.165) is 0 Å². The Morgan fingerprint density at radius 2 is 2.16 bits per heavy atom. The number of carbonyl (C=O) groups excluding carboxylic acids is 1. The molecule has 1 aromatic carbocycles. The van der Waals surface area contributed by atoms with Gasteiger partial charge in [-0.05, 0) is 12.1 Å². The highest BCUT2D eigenvalue weighted by Crippen LogP contribution is 2.29. The lowest BCUT2D eigenvalue weighted by Gasteiger charge is -2.10. The minimum Gasteiger partial charge on any atom is -0.497 e. The van der Waals surface area contributed by atoms with Gasteiger partial charge < -0.3 is 24.9 Å². The molecule has 1 aromatic heterocycles. The second kappa shape index (κ2) is 5.30. The fraction of sp³-hybridized carbons (Fsp3) is 0.167. The number of ether oxygens (including phenoxy) is 2. The van der Waals surface area contributed by atoms with Gasteiger partial charge in [0.05, 0.1) is 19.9 Å². The van der Waals surface area contributed by atoms with Crippen LogP contribution in [-0.4, -0.2) is 25.1 Å². The van der Waals surface area contributed by atoms with Crippen LogP contribution in [0.3, 0.4) is 0 Å². The van der Waals surface area contributed by atoms with Crippen LogP contribution in [0.4, 0.5) is 11.7 Å². The Balaban J connectivity index is 2.21. The maximum atomic E-state index is 11.9. The van der Waals surface area contributed by atoms with Crippen molar-refractivity contribution >= 4 is 17.6 Å². The first-order chi connectivity index (χ1) is 9.13. The number of nitrogens with zero attached hydrogens (tertiary/aromatic N) is 1. The quantitative estimate of drug-likeness (QED) is 0.867. The van der Waals surface area contributed by atoms with Crippen LogP contribution in [0.5, 0.6) is 11.5 Å². The van der Waals surface area contributed by atoms with Crippen molar-refractivity contribution in [3.63, 3.8) is 0 Å². The highest BCUT2D eigenvalue weighted by molar-refractivity contribution is 6.03. The van der Waals surface area contributed by atoms with Crippen molar-refractivity contribution in [2.75, 3.05) is 25.3 Å². The Labute approximate surface area is 109 Å². The van der Waals surface area contributed by atoms with Gasteiger partial charge in [0.15, 0.2) is 5.69 Å². The molecule has 0 radical (unpaired) electrons. The molecule has 0 unspecified atom stereocenters. The number of nitrogens with two attached hydrogens (primary N) is 1. The SMILES string of the molecule is COc1ccc(NC(=O)c2coc(N)n2)c(OC)c1. The van der Waals surface area contributed by atoms with Crippen molar-refractivity contribution in [3.05, 3.63) is 30.2 Å². The molecule has 1 heterocycles. The number of nitrogen functional groups attached to an aromatic ring is 1. The number of benzene rings is 1. The Morgan fingerprint density at radius 3 is 2.74 bits per heavy atom. The van der Waals surface area contributed by atoms with E-state index in [9.17, 15) is 4.79 Å². The molecule has 0 saturated carbocycles. The zero-order valence-corrected chi connectivity index (χ0v) is 10.5. The van der Waals surface area contributed by atoms with E-state index in [1.807, 2.05) is 0 Å². The van der Waals surface area contributed by atoms with E-state index < -0.39 is 5.91 Å². The topological polar surface area (TPSA) is 99.6 Å². The second-order valence-electron chi connectivity index (χ2n) is 3.59. The molecule has 2 rings (SSSR count). The summed E-state index contributed by atoms with van der Waals surface area (Å²) in [5.74, 6) is 0.661. The predicted octanol–water partition coefficient (Wildman–Crippen LogP) is 1.53. The average molecular weight is 263 g/mol. The highest BCUT2D eigenvalue weighted by Gasteiger charge is 2.14. The van der Waals surface area contributed by atoms with Crippen LogP contribution in [0.15, 0.2) is 28.9 Å². The smallest absolute Gasteiger partial charge is 0.292 e. The molecule has 0 saturated heterocycles. The monoisotopic (exact) mass is 263 g/mol. The molecule has 0 bridgehead atoms. The van der Waals surface area contributed by atoms with Crippen LogP contribution >= 0.6 is 0 Å². The molecule has 0 spiro atoms.